The van der Waals surface area contributed by atoms with Gasteiger partial charge in [0.05, 0.1) is 5.56 Å². The molecule has 0 radical (unpaired) electrons. The van der Waals surface area contributed by atoms with E-state index >= 15 is 0 Å². The van der Waals surface area contributed by atoms with Crippen LogP contribution in [0.15, 0.2) is 24.3 Å². The van der Waals surface area contributed by atoms with E-state index < -0.39 is 5.92 Å². The summed E-state index contributed by atoms with van der Waals surface area (Å²) in [7, 11) is 0. The normalized spacial score (nSPS) is 18.1. The average Bonchev–Trinajstić information content (AvgIpc) is 2.30. The quantitative estimate of drug-likeness (QED) is 0.878. The van der Waals surface area contributed by atoms with Gasteiger partial charge in [-0.1, -0.05) is 12.1 Å². The van der Waals surface area contributed by atoms with Gasteiger partial charge in [0.2, 0.25) is 0 Å². The fourth-order valence-electron chi connectivity index (χ4n) is 2.02. The highest BCUT2D eigenvalue weighted by Crippen LogP contribution is 2.35. The number of rotatable bonds is 3. The molecule has 0 aromatic heterocycles. The maximum atomic E-state index is 13.4. The minimum absolute atomic E-state index is 0.0291. The fourth-order valence-corrected chi connectivity index (χ4v) is 2.02. The summed E-state index contributed by atoms with van der Waals surface area (Å²) in [5, 5.41) is 3.22. The minimum atomic E-state index is -2.86. The highest BCUT2D eigenvalue weighted by Gasteiger charge is 2.29. The van der Waals surface area contributed by atoms with Crippen LogP contribution in [0.1, 0.15) is 25.3 Å². The van der Waals surface area contributed by atoms with Crippen LogP contribution in [0.3, 0.4) is 0 Å². The van der Waals surface area contributed by atoms with Crippen LogP contribution in [0.25, 0.3) is 0 Å². The van der Waals surface area contributed by atoms with Crippen LogP contribution in [0.2, 0.25) is 0 Å². The van der Waals surface area contributed by atoms with Gasteiger partial charge < -0.3 is 10.1 Å². The van der Waals surface area contributed by atoms with Gasteiger partial charge in [-0.15, -0.1) is 0 Å². The molecule has 1 aliphatic rings. The molecule has 94 valence electrons. The van der Waals surface area contributed by atoms with E-state index in [-0.39, 0.29) is 11.7 Å². The number of hydrogen-bond acceptors (Lipinski definition) is 2. The molecule has 1 fully saturated rings. The number of alkyl halides is 2. The van der Waals surface area contributed by atoms with Gasteiger partial charge in [-0.05, 0) is 38.1 Å². The Morgan fingerprint density at radius 2 is 1.88 bits per heavy atom. The van der Waals surface area contributed by atoms with Crippen molar-refractivity contribution in [2.45, 2.75) is 31.8 Å². The molecule has 2 rings (SSSR count). The van der Waals surface area contributed by atoms with Crippen molar-refractivity contribution in [2.75, 3.05) is 13.1 Å². The van der Waals surface area contributed by atoms with Crippen LogP contribution in [0, 0.1) is 0 Å². The maximum Gasteiger partial charge on any atom is 0.274 e. The number of nitrogens with one attached hydrogen (secondary N) is 1. The van der Waals surface area contributed by atoms with Crippen molar-refractivity contribution in [1.82, 2.24) is 5.32 Å². The zero-order valence-electron chi connectivity index (χ0n) is 9.88. The summed E-state index contributed by atoms with van der Waals surface area (Å²) in [5.74, 6) is -2.55. The molecule has 1 aromatic rings. The second kappa shape index (κ2) is 5.00. The molecule has 4 heteroatoms. The number of ether oxygens (including phenoxy) is 1. The molecule has 0 atom stereocenters. The van der Waals surface area contributed by atoms with Crippen LogP contribution < -0.4 is 10.1 Å². The SMILES string of the molecule is CC(F)(F)c1ccccc1OC1CCNCC1. The molecular weight excluding hydrogens is 224 g/mol. The summed E-state index contributed by atoms with van der Waals surface area (Å²) in [5.41, 5.74) is -0.0291. The third kappa shape index (κ3) is 3.16. The van der Waals surface area contributed by atoms with Gasteiger partial charge in [0.25, 0.3) is 5.92 Å². The van der Waals surface area contributed by atoms with Crippen LogP contribution in [-0.2, 0) is 5.92 Å². The predicted octanol–water partition coefficient (Wildman–Crippen LogP) is 2.93. The first kappa shape index (κ1) is 12.3. The lowest BCUT2D eigenvalue weighted by molar-refractivity contribution is 0.0124. The number of piperidine rings is 1. The van der Waals surface area contributed by atoms with Gasteiger partial charge in [-0.2, -0.15) is 0 Å². The molecule has 1 N–H and O–H groups in total. The van der Waals surface area contributed by atoms with Crippen molar-refractivity contribution in [3.8, 4) is 5.75 Å². The molecule has 1 heterocycles. The van der Waals surface area contributed by atoms with Gasteiger partial charge in [-0.3, -0.25) is 0 Å². The van der Waals surface area contributed by atoms with E-state index in [1.165, 1.54) is 6.07 Å². The summed E-state index contributed by atoms with van der Waals surface area (Å²) in [4.78, 5) is 0. The molecule has 1 saturated heterocycles. The Labute approximate surface area is 100.0 Å². The first-order chi connectivity index (χ1) is 8.07. The Morgan fingerprint density at radius 1 is 1.24 bits per heavy atom. The maximum absolute atomic E-state index is 13.4. The fraction of sp³-hybridized carbons (Fsp3) is 0.538. The number of halogens is 2. The van der Waals surface area contributed by atoms with E-state index in [1.807, 2.05) is 0 Å². The molecule has 17 heavy (non-hydrogen) atoms. The molecule has 2 nitrogen and oxygen atoms in total. The van der Waals surface area contributed by atoms with E-state index in [0.717, 1.165) is 32.9 Å². The summed E-state index contributed by atoms with van der Waals surface area (Å²) in [6.45, 7) is 2.67. The Hall–Kier alpha value is -1.16. The minimum Gasteiger partial charge on any atom is -0.490 e. The van der Waals surface area contributed by atoms with E-state index in [9.17, 15) is 8.78 Å². The summed E-state index contributed by atoms with van der Waals surface area (Å²) in [6, 6.07) is 6.39. The predicted molar refractivity (Wildman–Crippen MR) is 62.5 cm³/mol. The largest absolute Gasteiger partial charge is 0.490 e. The number of hydrogen-bond donors (Lipinski definition) is 1. The Bertz CT molecular complexity index is 370. The summed E-state index contributed by atoms with van der Waals surface area (Å²) in [6.07, 6.45) is 1.77. The van der Waals surface area contributed by atoms with Crippen molar-refractivity contribution < 1.29 is 13.5 Å². The van der Waals surface area contributed by atoms with E-state index in [2.05, 4.69) is 5.32 Å². The highest BCUT2D eigenvalue weighted by atomic mass is 19.3. The van der Waals surface area contributed by atoms with Crippen molar-refractivity contribution in [3.05, 3.63) is 29.8 Å². The first-order valence-electron chi connectivity index (χ1n) is 5.92. The van der Waals surface area contributed by atoms with Gasteiger partial charge in [0, 0.05) is 6.92 Å². The number of para-hydroxylation sites is 1. The first-order valence-corrected chi connectivity index (χ1v) is 5.92. The molecule has 0 aliphatic carbocycles. The third-order valence-corrected chi connectivity index (χ3v) is 2.94. The molecule has 0 unspecified atom stereocenters. The molecule has 1 aromatic carbocycles. The topological polar surface area (TPSA) is 21.3 Å². The van der Waals surface area contributed by atoms with E-state index in [1.54, 1.807) is 18.2 Å². The van der Waals surface area contributed by atoms with Crippen LogP contribution in [0.4, 0.5) is 8.78 Å². The van der Waals surface area contributed by atoms with E-state index in [4.69, 9.17) is 4.74 Å². The van der Waals surface area contributed by atoms with Crippen molar-refractivity contribution >= 4 is 0 Å². The Kier molecular flexibility index (Phi) is 3.62. The summed E-state index contributed by atoms with van der Waals surface area (Å²) < 4.78 is 32.4. The molecular formula is C13H17F2NO. The second-order valence-electron chi connectivity index (χ2n) is 4.45. The monoisotopic (exact) mass is 241 g/mol. The number of benzene rings is 1. The van der Waals surface area contributed by atoms with Gasteiger partial charge in [0.1, 0.15) is 11.9 Å². The Balaban J connectivity index is 2.14. The lowest BCUT2D eigenvalue weighted by Gasteiger charge is -2.26. The van der Waals surface area contributed by atoms with Crippen molar-refractivity contribution in [1.29, 1.82) is 0 Å². The zero-order chi connectivity index (χ0) is 12.3. The van der Waals surface area contributed by atoms with Gasteiger partial charge >= 0.3 is 0 Å². The zero-order valence-corrected chi connectivity index (χ0v) is 9.88. The standard InChI is InChI=1S/C13H17F2NO/c1-13(14,15)11-4-2-3-5-12(11)17-10-6-8-16-9-7-10/h2-5,10,16H,6-9H2,1H3. The van der Waals surface area contributed by atoms with Crippen LogP contribution >= 0.6 is 0 Å². The second-order valence-corrected chi connectivity index (χ2v) is 4.45. The average molecular weight is 241 g/mol. The smallest absolute Gasteiger partial charge is 0.274 e. The van der Waals surface area contributed by atoms with Crippen molar-refractivity contribution in [2.24, 2.45) is 0 Å². The Morgan fingerprint density at radius 3 is 2.53 bits per heavy atom. The van der Waals surface area contributed by atoms with Crippen molar-refractivity contribution in [3.63, 3.8) is 0 Å². The molecule has 0 bridgehead atoms. The third-order valence-electron chi connectivity index (χ3n) is 2.94. The van der Waals surface area contributed by atoms with Crippen LogP contribution in [-0.4, -0.2) is 19.2 Å². The van der Waals surface area contributed by atoms with Crippen LogP contribution in [0.5, 0.6) is 5.75 Å². The summed E-state index contributed by atoms with van der Waals surface area (Å²) >= 11 is 0. The molecule has 0 saturated carbocycles. The van der Waals surface area contributed by atoms with Gasteiger partial charge in [0.15, 0.2) is 0 Å². The lowest BCUT2D eigenvalue weighted by atomic mass is 10.1. The highest BCUT2D eigenvalue weighted by molar-refractivity contribution is 5.36. The molecule has 0 spiro atoms. The molecule has 1 aliphatic heterocycles. The lowest BCUT2D eigenvalue weighted by Crippen LogP contribution is -2.34. The molecule has 0 amide bonds. The van der Waals surface area contributed by atoms with E-state index in [0.29, 0.717) is 5.75 Å². The van der Waals surface area contributed by atoms with Gasteiger partial charge in [-0.25, -0.2) is 8.78 Å².